The summed E-state index contributed by atoms with van der Waals surface area (Å²) in [6.45, 7) is 1.57. The van der Waals surface area contributed by atoms with Gasteiger partial charge in [-0.1, -0.05) is 0 Å². The standard InChI is InChI=1S/C11H12N2O2/c1-8(14)7-9-4-6-13-10(3-5-12-13)11(9)15-2/h3-6H,7H2,1-2H3. The van der Waals surface area contributed by atoms with E-state index in [1.54, 1.807) is 24.7 Å². The Morgan fingerprint density at radius 2 is 2.33 bits per heavy atom. The van der Waals surface area contributed by atoms with Crippen LogP contribution in [0.15, 0.2) is 24.5 Å². The third-order valence-electron chi connectivity index (χ3n) is 2.26. The third-order valence-corrected chi connectivity index (χ3v) is 2.26. The van der Waals surface area contributed by atoms with Gasteiger partial charge in [0.25, 0.3) is 0 Å². The Hall–Kier alpha value is -1.84. The summed E-state index contributed by atoms with van der Waals surface area (Å²) in [4.78, 5) is 11.1. The molecule has 2 aromatic heterocycles. The molecule has 0 atom stereocenters. The van der Waals surface area contributed by atoms with Crippen molar-refractivity contribution in [2.75, 3.05) is 7.11 Å². The minimum Gasteiger partial charge on any atom is -0.494 e. The molecule has 0 bridgehead atoms. The van der Waals surface area contributed by atoms with Crippen molar-refractivity contribution in [3.63, 3.8) is 0 Å². The maximum atomic E-state index is 11.1. The number of Topliss-reactive ketones (excluding diaryl/α,β-unsaturated/α-hetero) is 1. The molecule has 15 heavy (non-hydrogen) atoms. The van der Waals surface area contributed by atoms with Gasteiger partial charge in [0, 0.05) is 18.2 Å². The fourth-order valence-electron chi connectivity index (χ4n) is 1.66. The van der Waals surface area contributed by atoms with Crippen molar-refractivity contribution >= 4 is 11.3 Å². The lowest BCUT2D eigenvalue weighted by molar-refractivity contribution is -0.116. The second kappa shape index (κ2) is 3.73. The van der Waals surface area contributed by atoms with Crippen molar-refractivity contribution in [2.45, 2.75) is 13.3 Å². The van der Waals surface area contributed by atoms with Crippen molar-refractivity contribution in [2.24, 2.45) is 0 Å². The lowest BCUT2D eigenvalue weighted by atomic mass is 10.1. The fourth-order valence-corrected chi connectivity index (χ4v) is 1.66. The molecular weight excluding hydrogens is 192 g/mol. The summed E-state index contributed by atoms with van der Waals surface area (Å²) in [5.41, 5.74) is 1.79. The molecule has 0 fully saturated rings. The number of aromatic nitrogens is 2. The van der Waals surface area contributed by atoms with Crippen LogP contribution in [-0.4, -0.2) is 22.5 Å². The minimum atomic E-state index is 0.122. The molecule has 4 heteroatoms. The molecule has 0 saturated heterocycles. The van der Waals surface area contributed by atoms with E-state index >= 15 is 0 Å². The van der Waals surface area contributed by atoms with Crippen molar-refractivity contribution in [1.82, 2.24) is 9.61 Å². The molecule has 2 heterocycles. The first-order valence-electron chi connectivity index (χ1n) is 4.71. The van der Waals surface area contributed by atoms with Crippen LogP contribution in [0.2, 0.25) is 0 Å². The van der Waals surface area contributed by atoms with E-state index < -0.39 is 0 Å². The van der Waals surface area contributed by atoms with Crippen molar-refractivity contribution in [1.29, 1.82) is 0 Å². The molecule has 0 saturated carbocycles. The lowest BCUT2D eigenvalue weighted by Crippen LogP contribution is -2.01. The number of nitrogens with zero attached hydrogens (tertiary/aromatic N) is 2. The zero-order valence-electron chi connectivity index (χ0n) is 8.73. The number of pyridine rings is 1. The monoisotopic (exact) mass is 204 g/mol. The van der Waals surface area contributed by atoms with Crippen LogP contribution in [0.1, 0.15) is 12.5 Å². The molecule has 2 rings (SSSR count). The van der Waals surface area contributed by atoms with E-state index in [0.717, 1.165) is 16.8 Å². The lowest BCUT2D eigenvalue weighted by Gasteiger charge is -2.08. The largest absolute Gasteiger partial charge is 0.494 e. The molecule has 2 aromatic rings. The highest BCUT2D eigenvalue weighted by Crippen LogP contribution is 2.24. The molecule has 0 unspecified atom stereocenters. The van der Waals surface area contributed by atoms with Crippen molar-refractivity contribution < 1.29 is 9.53 Å². The van der Waals surface area contributed by atoms with Gasteiger partial charge in [-0.2, -0.15) is 5.10 Å². The van der Waals surface area contributed by atoms with Gasteiger partial charge in [-0.05, 0) is 19.1 Å². The van der Waals surface area contributed by atoms with Crippen LogP contribution < -0.4 is 4.74 Å². The van der Waals surface area contributed by atoms with Crippen LogP contribution in [0, 0.1) is 0 Å². The first-order chi connectivity index (χ1) is 7.22. The van der Waals surface area contributed by atoms with Crippen LogP contribution in [0.4, 0.5) is 0 Å². The van der Waals surface area contributed by atoms with E-state index in [2.05, 4.69) is 5.10 Å². The van der Waals surface area contributed by atoms with Gasteiger partial charge < -0.3 is 4.74 Å². The number of fused-ring (bicyclic) bond motifs is 1. The number of methoxy groups -OCH3 is 1. The van der Waals surface area contributed by atoms with Gasteiger partial charge in [-0.15, -0.1) is 0 Å². The van der Waals surface area contributed by atoms with Gasteiger partial charge in [0.05, 0.1) is 13.3 Å². The summed E-state index contributed by atoms with van der Waals surface area (Å²) in [7, 11) is 1.60. The number of hydrogen-bond donors (Lipinski definition) is 0. The van der Waals surface area contributed by atoms with Crippen molar-refractivity contribution in [3.8, 4) is 5.75 Å². The van der Waals surface area contributed by atoms with Crippen LogP contribution >= 0.6 is 0 Å². The van der Waals surface area contributed by atoms with Crippen LogP contribution in [0.3, 0.4) is 0 Å². The number of carbonyl (C=O) groups excluding carboxylic acids is 1. The topological polar surface area (TPSA) is 43.6 Å². The predicted molar refractivity (Wildman–Crippen MR) is 56.1 cm³/mol. The zero-order valence-corrected chi connectivity index (χ0v) is 8.73. The molecule has 78 valence electrons. The fraction of sp³-hybridized carbons (Fsp3) is 0.273. The molecule has 0 aliphatic heterocycles. The Kier molecular flexibility index (Phi) is 2.41. The Balaban J connectivity index is 2.58. The molecule has 4 nitrogen and oxygen atoms in total. The van der Waals surface area contributed by atoms with Crippen LogP contribution in [0.5, 0.6) is 5.75 Å². The highest BCUT2D eigenvalue weighted by molar-refractivity contribution is 5.80. The van der Waals surface area contributed by atoms with Crippen molar-refractivity contribution in [3.05, 3.63) is 30.1 Å². The van der Waals surface area contributed by atoms with Crippen LogP contribution in [0.25, 0.3) is 5.52 Å². The predicted octanol–water partition coefficient (Wildman–Crippen LogP) is 1.47. The Morgan fingerprint density at radius 1 is 1.53 bits per heavy atom. The number of ether oxygens (including phenoxy) is 1. The minimum absolute atomic E-state index is 0.122. The molecule has 0 radical (unpaired) electrons. The van der Waals surface area contributed by atoms with Gasteiger partial charge in [-0.25, -0.2) is 4.52 Å². The second-order valence-corrected chi connectivity index (χ2v) is 3.41. The number of rotatable bonds is 3. The summed E-state index contributed by atoms with van der Waals surface area (Å²) in [6, 6.07) is 3.72. The highest BCUT2D eigenvalue weighted by Gasteiger charge is 2.10. The summed E-state index contributed by atoms with van der Waals surface area (Å²) >= 11 is 0. The van der Waals surface area contributed by atoms with E-state index in [0.29, 0.717) is 6.42 Å². The average molecular weight is 204 g/mol. The molecule has 0 amide bonds. The van der Waals surface area contributed by atoms with E-state index in [1.807, 2.05) is 18.3 Å². The average Bonchev–Trinajstić information content (AvgIpc) is 2.64. The van der Waals surface area contributed by atoms with E-state index in [9.17, 15) is 4.79 Å². The number of carbonyl (C=O) groups is 1. The summed E-state index contributed by atoms with van der Waals surface area (Å²) in [5.74, 6) is 0.849. The van der Waals surface area contributed by atoms with Gasteiger partial charge in [0.15, 0.2) is 0 Å². The molecule has 0 aliphatic carbocycles. The molecule has 0 aromatic carbocycles. The van der Waals surface area contributed by atoms with E-state index in [4.69, 9.17) is 4.74 Å². The number of ketones is 1. The van der Waals surface area contributed by atoms with Crippen LogP contribution in [-0.2, 0) is 11.2 Å². The van der Waals surface area contributed by atoms with Gasteiger partial charge in [0.2, 0.25) is 0 Å². The zero-order chi connectivity index (χ0) is 10.8. The normalized spacial score (nSPS) is 10.5. The first-order valence-corrected chi connectivity index (χ1v) is 4.71. The Bertz CT molecular complexity index is 502. The molecule has 0 N–H and O–H groups in total. The number of hydrogen-bond acceptors (Lipinski definition) is 3. The van der Waals surface area contributed by atoms with Gasteiger partial charge in [0.1, 0.15) is 17.0 Å². The SMILES string of the molecule is COc1c(CC(C)=O)ccn2nccc12. The Labute approximate surface area is 87.5 Å². The molecule has 0 spiro atoms. The van der Waals surface area contributed by atoms with Gasteiger partial charge in [-0.3, -0.25) is 4.79 Å². The molecule has 0 aliphatic rings. The van der Waals surface area contributed by atoms with Gasteiger partial charge >= 0.3 is 0 Å². The maximum absolute atomic E-state index is 11.1. The summed E-state index contributed by atoms with van der Waals surface area (Å²) in [6.07, 6.45) is 3.93. The van der Waals surface area contributed by atoms with E-state index in [1.165, 1.54) is 0 Å². The smallest absolute Gasteiger partial charge is 0.148 e. The summed E-state index contributed by atoms with van der Waals surface area (Å²) in [5, 5.41) is 4.10. The highest BCUT2D eigenvalue weighted by atomic mass is 16.5. The molecular formula is C11H12N2O2. The summed E-state index contributed by atoms with van der Waals surface area (Å²) < 4.78 is 7.03. The third kappa shape index (κ3) is 1.70. The Morgan fingerprint density at radius 3 is 3.00 bits per heavy atom. The quantitative estimate of drug-likeness (QED) is 0.760. The first kappa shape index (κ1) is 9.71. The second-order valence-electron chi connectivity index (χ2n) is 3.41. The maximum Gasteiger partial charge on any atom is 0.148 e. The van der Waals surface area contributed by atoms with E-state index in [-0.39, 0.29) is 5.78 Å².